The van der Waals surface area contributed by atoms with E-state index in [0.717, 1.165) is 9.79 Å². The minimum absolute atomic E-state index is 0.240. The van der Waals surface area contributed by atoms with E-state index in [0.29, 0.717) is 10.3 Å². The van der Waals surface area contributed by atoms with Gasteiger partial charge in [-0.15, -0.1) is 10.3 Å². The van der Waals surface area contributed by atoms with Crippen molar-refractivity contribution in [3.05, 3.63) is 60.2 Å². The average molecular weight is 280 g/mol. The highest BCUT2D eigenvalue weighted by Gasteiger charge is 2.00. The van der Waals surface area contributed by atoms with E-state index in [1.165, 1.54) is 12.1 Å². The van der Waals surface area contributed by atoms with Crippen LogP contribution < -0.4 is 0 Å². The van der Waals surface area contributed by atoms with E-state index in [2.05, 4.69) is 0 Å². The van der Waals surface area contributed by atoms with E-state index in [1.54, 1.807) is 12.1 Å². The molecule has 3 nitrogen and oxygen atoms in total. The van der Waals surface area contributed by atoms with Gasteiger partial charge in [0.1, 0.15) is 0 Å². The third-order valence-corrected chi connectivity index (χ3v) is 5.68. The summed E-state index contributed by atoms with van der Waals surface area (Å²) in [4.78, 5) is 12.4. The van der Waals surface area contributed by atoms with Crippen LogP contribution in [-0.2, 0) is 19.7 Å². The summed E-state index contributed by atoms with van der Waals surface area (Å²) in [5, 5.41) is 8.78. The lowest BCUT2D eigenvalue weighted by atomic mass is 10.2. The standard InChI is InChI=1S/C13H12O3S2/c14-13(15)10-6-8-11(9-7-10)17-18(16)12-4-2-1-3-5-12/h1-9,17-18H,(H,14,15). The number of rotatable bonds is 3. The first-order valence-corrected chi connectivity index (χ1v) is 8.10. The largest absolute Gasteiger partial charge is 0.478 e. The summed E-state index contributed by atoms with van der Waals surface area (Å²) < 4.78 is 12.1. The van der Waals surface area contributed by atoms with Gasteiger partial charge in [-0.25, -0.2) is 4.79 Å². The molecule has 0 radical (unpaired) electrons. The fraction of sp³-hybridized carbons (Fsp3) is 0. The molecule has 0 saturated carbocycles. The Morgan fingerprint density at radius 1 is 1.00 bits per heavy atom. The van der Waals surface area contributed by atoms with Crippen LogP contribution in [0, 0.1) is 0 Å². The highest BCUT2D eigenvalue weighted by atomic mass is 32.8. The Hall–Kier alpha value is -1.59. The molecule has 2 aromatic rings. The molecule has 94 valence electrons. The molecule has 1 unspecified atom stereocenters. The van der Waals surface area contributed by atoms with Gasteiger partial charge in [-0.3, -0.25) is 4.21 Å². The van der Waals surface area contributed by atoms with Crippen molar-refractivity contribution < 1.29 is 14.1 Å². The summed E-state index contributed by atoms with van der Waals surface area (Å²) >= 11 is 0. The van der Waals surface area contributed by atoms with Gasteiger partial charge in [0, 0.05) is 19.1 Å². The van der Waals surface area contributed by atoms with E-state index >= 15 is 0 Å². The number of benzene rings is 2. The number of hydrogen-bond acceptors (Lipinski definition) is 2. The molecule has 2 rings (SSSR count). The van der Waals surface area contributed by atoms with Crippen LogP contribution in [0.4, 0.5) is 0 Å². The fourth-order valence-electron chi connectivity index (χ4n) is 1.39. The molecule has 0 saturated heterocycles. The molecule has 0 aliphatic heterocycles. The molecule has 0 aromatic heterocycles. The summed E-state index contributed by atoms with van der Waals surface area (Å²) in [6.45, 7) is 0. The zero-order valence-corrected chi connectivity index (χ0v) is 11.1. The zero-order valence-electron chi connectivity index (χ0n) is 9.35. The quantitative estimate of drug-likeness (QED) is 0.754. The SMILES string of the molecule is O=C(O)c1ccc(/[SH]=[SH](=O)\c2ccccc2)cc1. The smallest absolute Gasteiger partial charge is 0.335 e. The number of carboxylic acids is 1. The van der Waals surface area contributed by atoms with Crippen molar-refractivity contribution in [2.24, 2.45) is 0 Å². The van der Waals surface area contributed by atoms with Crippen molar-refractivity contribution in [1.29, 1.82) is 0 Å². The van der Waals surface area contributed by atoms with Gasteiger partial charge in [0.25, 0.3) is 0 Å². The maximum Gasteiger partial charge on any atom is 0.335 e. The molecule has 0 bridgehead atoms. The predicted molar refractivity (Wildman–Crippen MR) is 74.7 cm³/mol. The predicted octanol–water partition coefficient (Wildman–Crippen LogP) is 2.01. The lowest BCUT2D eigenvalue weighted by molar-refractivity contribution is 0.0697. The van der Waals surface area contributed by atoms with Crippen molar-refractivity contribution >= 4 is 25.6 Å². The van der Waals surface area contributed by atoms with Gasteiger partial charge >= 0.3 is 5.97 Å². The number of carbonyl (C=O) groups is 1. The molecule has 0 aliphatic rings. The van der Waals surface area contributed by atoms with E-state index in [-0.39, 0.29) is 5.56 Å². The van der Waals surface area contributed by atoms with Gasteiger partial charge in [0.2, 0.25) is 0 Å². The second-order valence-corrected chi connectivity index (χ2v) is 7.03. The minimum Gasteiger partial charge on any atom is -0.478 e. The van der Waals surface area contributed by atoms with E-state index in [9.17, 15) is 9.00 Å². The topological polar surface area (TPSA) is 54.4 Å². The molecule has 0 heterocycles. The average Bonchev–Trinajstić information content (AvgIpc) is 2.40. The summed E-state index contributed by atoms with van der Waals surface area (Å²) in [5.41, 5.74) is 0.240. The Kier molecular flexibility index (Phi) is 4.17. The molecule has 0 aliphatic carbocycles. The third-order valence-electron chi connectivity index (χ3n) is 2.30. The molecule has 1 atom stereocenters. The Morgan fingerprint density at radius 3 is 2.17 bits per heavy atom. The lowest BCUT2D eigenvalue weighted by Crippen LogP contribution is -1.95. The molecule has 18 heavy (non-hydrogen) atoms. The van der Waals surface area contributed by atoms with E-state index in [1.807, 2.05) is 30.3 Å². The van der Waals surface area contributed by atoms with Gasteiger partial charge in [0.15, 0.2) is 0 Å². The maximum atomic E-state index is 12.1. The molecule has 1 N–H and O–H groups in total. The van der Waals surface area contributed by atoms with Gasteiger partial charge in [-0.2, -0.15) is 0 Å². The van der Waals surface area contributed by atoms with Crippen molar-refractivity contribution in [3.63, 3.8) is 0 Å². The first-order chi connectivity index (χ1) is 8.66. The molecule has 2 aromatic carbocycles. The third kappa shape index (κ3) is 3.21. The fourth-order valence-corrected chi connectivity index (χ4v) is 4.20. The van der Waals surface area contributed by atoms with Gasteiger partial charge in [0.05, 0.1) is 5.56 Å². The number of thiol groups is 2. The molecule has 0 fully saturated rings. The molecular formula is C13H12O3S2. The number of carboxylic acid groups (broad SMARTS) is 1. The highest BCUT2D eigenvalue weighted by molar-refractivity contribution is 8.29. The Morgan fingerprint density at radius 2 is 1.61 bits per heavy atom. The van der Waals surface area contributed by atoms with Crippen molar-refractivity contribution in [3.8, 4) is 0 Å². The van der Waals surface area contributed by atoms with Crippen LogP contribution in [0.25, 0.3) is 0 Å². The Labute approximate surface area is 110 Å². The normalized spacial score (nSPS) is 12.7. The van der Waals surface area contributed by atoms with Gasteiger partial charge < -0.3 is 5.11 Å². The molecular weight excluding hydrogens is 268 g/mol. The van der Waals surface area contributed by atoms with Crippen LogP contribution in [0.2, 0.25) is 0 Å². The summed E-state index contributed by atoms with van der Waals surface area (Å²) in [6.07, 6.45) is 0. The second-order valence-electron chi connectivity index (χ2n) is 3.56. The Balaban J connectivity index is 2.28. The van der Waals surface area contributed by atoms with Crippen molar-refractivity contribution in [2.45, 2.75) is 9.79 Å². The van der Waals surface area contributed by atoms with Crippen molar-refractivity contribution in [2.75, 3.05) is 0 Å². The van der Waals surface area contributed by atoms with Crippen LogP contribution in [0.5, 0.6) is 0 Å². The van der Waals surface area contributed by atoms with Crippen LogP contribution in [0.3, 0.4) is 0 Å². The van der Waals surface area contributed by atoms with Crippen LogP contribution >= 0.6 is 0 Å². The molecule has 0 amide bonds. The van der Waals surface area contributed by atoms with Gasteiger partial charge in [-0.1, -0.05) is 18.2 Å². The molecule has 5 heteroatoms. The minimum atomic E-state index is -1.50. The van der Waals surface area contributed by atoms with Gasteiger partial charge in [-0.05, 0) is 36.4 Å². The summed E-state index contributed by atoms with van der Waals surface area (Å²) in [6, 6.07) is 15.7. The summed E-state index contributed by atoms with van der Waals surface area (Å²) in [5.74, 6) is -0.953. The maximum absolute atomic E-state index is 12.1. The number of aromatic carboxylic acids is 1. The van der Waals surface area contributed by atoms with E-state index in [4.69, 9.17) is 5.11 Å². The lowest BCUT2D eigenvalue weighted by Gasteiger charge is -1.97. The van der Waals surface area contributed by atoms with Crippen LogP contribution in [0.1, 0.15) is 10.4 Å². The monoisotopic (exact) mass is 280 g/mol. The molecule has 0 spiro atoms. The second kappa shape index (κ2) is 5.84. The number of hydrogen-bond donors (Lipinski definition) is 3. The van der Waals surface area contributed by atoms with E-state index < -0.39 is 15.3 Å². The highest BCUT2D eigenvalue weighted by Crippen LogP contribution is 2.07. The van der Waals surface area contributed by atoms with Crippen LogP contribution in [0.15, 0.2) is 64.4 Å². The first kappa shape index (κ1) is 12.9. The first-order valence-electron chi connectivity index (χ1n) is 5.24. The zero-order chi connectivity index (χ0) is 13.0. The Bertz CT molecular complexity index is 627. The summed E-state index contributed by atoms with van der Waals surface area (Å²) in [7, 11) is -0.804. The van der Waals surface area contributed by atoms with Crippen LogP contribution in [-0.4, -0.2) is 15.3 Å². The van der Waals surface area contributed by atoms with Crippen molar-refractivity contribution in [1.82, 2.24) is 0 Å².